The maximum atomic E-state index is 12.4. The van der Waals surface area contributed by atoms with Gasteiger partial charge in [0.1, 0.15) is 5.71 Å². The predicted molar refractivity (Wildman–Crippen MR) is 94.5 cm³/mol. The van der Waals surface area contributed by atoms with E-state index in [4.69, 9.17) is 0 Å². The van der Waals surface area contributed by atoms with Crippen molar-refractivity contribution in [2.45, 2.75) is 19.8 Å². The second-order valence-corrected chi connectivity index (χ2v) is 6.54. The minimum atomic E-state index is 0.0104. The van der Waals surface area contributed by atoms with Crippen LogP contribution in [0.2, 0.25) is 0 Å². The zero-order valence-electron chi connectivity index (χ0n) is 12.7. The summed E-state index contributed by atoms with van der Waals surface area (Å²) in [5.41, 5.74) is 7.52. The SMILES string of the molecule is CCc1ccc2c(c1)C/C(=N/Nc1nc3ccccc3s1)C2=O. The maximum Gasteiger partial charge on any atom is 0.209 e. The first kappa shape index (κ1) is 14.1. The second kappa shape index (κ2) is 5.59. The first-order valence-electron chi connectivity index (χ1n) is 7.59. The highest BCUT2D eigenvalue weighted by Gasteiger charge is 2.26. The summed E-state index contributed by atoms with van der Waals surface area (Å²) in [6.45, 7) is 2.11. The van der Waals surface area contributed by atoms with E-state index >= 15 is 0 Å². The molecular weight excluding hydrogens is 306 g/mol. The molecule has 2 aromatic carbocycles. The molecule has 1 aliphatic carbocycles. The van der Waals surface area contributed by atoms with Crippen molar-refractivity contribution >= 4 is 38.2 Å². The van der Waals surface area contributed by atoms with E-state index in [-0.39, 0.29) is 5.78 Å². The van der Waals surface area contributed by atoms with Crippen LogP contribution >= 0.6 is 11.3 Å². The largest absolute Gasteiger partial charge is 0.287 e. The number of thiazole rings is 1. The number of benzene rings is 2. The summed E-state index contributed by atoms with van der Waals surface area (Å²) < 4.78 is 1.10. The van der Waals surface area contributed by atoms with Gasteiger partial charge in [-0.05, 0) is 29.7 Å². The monoisotopic (exact) mass is 321 g/mol. The number of hydrazone groups is 1. The van der Waals surface area contributed by atoms with Crippen LogP contribution in [0.5, 0.6) is 0 Å². The van der Waals surface area contributed by atoms with E-state index < -0.39 is 0 Å². The number of nitrogens with one attached hydrogen (secondary N) is 1. The molecule has 0 saturated carbocycles. The molecule has 3 aromatic rings. The predicted octanol–water partition coefficient (Wildman–Crippen LogP) is 4.07. The Hall–Kier alpha value is -2.53. The number of anilines is 1. The number of para-hydroxylation sites is 1. The van der Waals surface area contributed by atoms with Crippen molar-refractivity contribution in [1.29, 1.82) is 0 Å². The molecule has 0 unspecified atom stereocenters. The summed E-state index contributed by atoms with van der Waals surface area (Å²) >= 11 is 1.53. The van der Waals surface area contributed by atoms with E-state index in [0.717, 1.165) is 27.8 Å². The van der Waals surface area contributed by atoms with E-state index in [1.54, 1.807) is 0 Å². The third-order valence-electron chi connectivity index (χ3n) is 4.02. The number of aryl methyl sites for hydroxylation is 1. The lowest BCUT2D eigenvalue weighted by molar-refractivity contribution is 0.106. The van der Waals surface area contributed by atoms with Crippen molar-refractivity contribution in [3.8, 4) is 0 Å². The van der Waals surface area contributed by atoms with Gasteiger partial charge in [-0.15, -0.1) is 0 Å². The van der Waals surface area contributed by atoms with Crippen LogP contribution in [0, 0.1) is 0 Å². The molecule has 4 nitrogen and oxygen atoms in total. The smallest absolute Gasteiger partial charge is 0.209 e. The molecule has 0 amide bonds. The van der Waals surface area contributed by atoms with Gasteiger partial charge >= 0.3 is 0 Å². The molecule has 0 atom stereocenters. The lowest BCUT2D eigenvalue weighted by Gasteiger charge is -1.99. The summed E-state index contributed by atoms with van der Waals surface area (Å²) in [6, 6.07) is 14.0. The minimum Gasteiger partial charge on any atom is -0.287 e. The maximum absolute atomic E-state index is 12.4. The van der Waals surface area contributed by atoms with Crippen LogP contribution in [-0.4, -0.2) is 16.5 Å². The Balaban J connectivity index is 1.59. The number of fused-ring (bicyclic) bond motifs is 2. The van der Waals surface area contributed by atoms with Gasteiger partial charge in [-0.3, -0.25) is 10.2 Å². The first-order valence-corrected chi connectivity index (χ1v) is 8.41. The molecule has 0 fully saturated rings. The van der Waals surface area contributed by atoms with Gasteiger partial charge in [0.25, 0.3) is 0 Å². The molecule has 1 heterocycles. The topological polar surface area (TPSA) is 54.4 Å². The number of hydrogen-bond donors (Lipinski definition) is 1. The van der Waals surface area contributed by atoms with Crippen LogP contribution in [0.1, 0.15) is 28.4 Å². The van der Waals surface area contributed by atoms with Crippen molar-refractivity contribution in [2.24, 2.45) is 5.10 Å². The molecule has 0 radical (unpaired) electrons. The molecule has 1 aromatic heterocycles. The Kier molecular flexibility index (Phi) is 3.42. The molecule has 0 saturated heterocycles. The highest BCUT2D eigenvalue weighted by atomic mass is 32.1. The van der Waals surface area contributed by atoms with Crippen LogP contribution in [0.15, 0.2) is 47.6 Å². The first-order chi connectivity index (χ1) is 11.2. The fourth-order valence-corrected chi connectivity index (χ4v) is 3.58. The minimum absolute atomic E-state index is 0.0104. The van der Waals surface area contributed by atoms with Crippen molar-refractivity contribution < 1.29 is 4.79 Å². The normalized spacial score (nSPS) is 15.3. The van der Waals surface area contributed by atoms with Crippen molar-refractivity contribution in [3.63, 3.8) is 0 Å². The molecule has 114 valence electrons. The number of rotatable bonds is 3. The molecule has 5 heteroatoms. The van der Waals surface area contributed by atoms with Crippen molar-refractivity contribution in [3.05, 3.63) is 59.2 Å². The Labute approximate surface area is 137 Å². The van der Waals surface area contributed by atoms with E-state index in [9.17, 15) is 4.79 Å². The van der Waals surface area contributed by atoms with Gasteiger partial charge in [0.15, 0.2) is 0 Å². The number of nitrogens with zero attached hydrogens (tertiary/aromatic N) is 2. The van der Waals surface area contributed by atoms with Crippen molar-refractivity contribution in [1.82, 2.24) is 4.98 Å². The lowest BCUT2D eigenvalue weighted by atomic mass is 10.0. The fourth-order valence-electron chi connectivity index (χ4n) is 2.78. The summed E-state index contributed by atoms with van der Waals surface area (Å²) in [6.07, 6.45) is 1.55. The second-order valence-electron chi connectivity index (χ2n) is 5.51. The Morgan fingerprint density at radius 2 is 2.13 bits per heavy atom. The molecule has 4 rings (SSSR count). The number of Topliss-reactive ketones (excluding diaryl/α,β-unsaturated/α-hetero) is 1. The van der Waals surface area contributed by atoms with Gasteiger partial charge in [0.05, 0.1) is 10.2 Å². The highest BCUT2D eigenvalue weighted by molar-refractivity contribution is 7.22. The molecule has 0 aliphatic heterocycles. The number of aromatic nitrogens is 1. The molecule has 23 heavy (non-hydrogen) atoms. The van der Waals surface area contributed by atoms with E-state index in [1.807, 2.05) is 36.4 Å². The number of carbonyl (C=O) groups excluding carboxylic acids is 1. The summed E-state index contributed by atoms with van der Waals surface area (Å²) in [4.78, 5) is 16.9. The average molecular weight is 321 g/mol. The van der Waals surface area contributed by atoms with Crippen LogP contribution < -0.4 is 5.43 Å². The average Bonchev–Trinajstić information content (AvgIpc) is 3.13. The van der Waals surface area contributed by atoms with E-state index in [2.05, 4.69) is 28.5 Å². The Morgan fingerprint density at radius 3 is 2.96 bits per heavy atom. The molecule has 1 N–H and O–H groups in total. The van der Waals surface area contributed by atoms with Crippen LogP contribution in [0.4, 0.5) is 5.13 Å². The summed E-state index contributed by atoms with van der Waals surface area (Å²) in [7, 11) is 0. The summed E-state index contributed by atoms with van der Waals surface area (Å²) in [5.74, 6) is 0.0104. The van der Waals surface area contributed by atoms with E-state index in [1.165, 1.54) is 16.9 Å². The number of ketones is 1. The Morgan fingerprint density at radius 1 is 1.26 bits per heavy atom. The van der Waals surface area contributed by atoms with Crippen LogP contribution in [0.3, 0.4) is 0 Å². The zero-order chi connectivity index (χ0) is 15.8. The Bertz CT molecular complexity index is 909. The van der Waals surface area contributed by atoms with Gasteiger partial charge in [-0.2, -0.15) is 5.10 Å². The third kappa shape index (κ3) is 2.53. The van der Waals surface area contributed by atoms with Crippen LogP contribution in [-0.2, 0) is 12.8 Å². The third-order valence-corrected chi connectivity index (χ3v) is 4.96. The number of carbonyl (C=O) groups is 1. The molecular formula is C18H15N3OS. The van der Waals surface area contributed by atoms with Crippen molar-refractivity contribution in [2.75, 3.05) is 5.43 Å². The van der Waals surface area contributed by atoms with Gasteiger partial charge < -0.3 is 0 Å². The van der Waals surface area contributed by atoms with Gasteiger partial charge in [0, 0.05) is 12.0 Å². The van der Waals surface area contributed by atoms with Gasteiger partial charge in [-0.25, -0.2) is 4.98 Å². The summed E-state index contributed by atoms with van der Waals surface area (Å²) in [5, 5.41) is 5.01. The molecule has 0 spiro atoms. The molecule has 1 aliphatic rings. The van der Waals surface area contributed by atoms with E-state index in [0.29, 0.717) is 17.3 Å². The van der Waals surface area contributed by atoms with Crippen LogP contribution in [0.25, 0.3) is 10.2 Å². The fraction of sp³-hybridized carbons (Fsp3) is 0.167. The lowest BCUT2D eigenvalue weighted by Crippen LogP contribution is -2.10. The van der Waals surface area contributed by atoms with Gasteiger partial charge in [-0.1, -0.05) is 48.6 Å². The van der Waals surface area contributed by atoms with Gasteiger partial charge in [0.2, 0.25) is 10.9 Å². The molecule has 0 bridgehead atoms. The zero-order valence-corrected chi connectivity index (χ0v) is 13.5. The standard InChI is InChI=1S/C18H15N3OS/c1-2-11-7-8-13-12(9-11)10-15(17(13)22)20-21-18-19-14-5-3-4-6-16(14)23-18/h3-9H,2,10H2,1H3,(H,19,21)/b20-15-. The number of hydrogen-bond acceptors (Lipinski definition) is 5. The highest BCUT2D eigenvalue weighted by Crippen LogP contribution is 2.26. The quantitative estimate of drug-likeness (QED) is 0.740.